The highest BCUT2D eigenvalue weighted by Crippen LogP contribution is 2.39. The molecule has 33 heavy (non-hydrogen) atoms. The van der Waals surface area contributed by atoms with E-state index < -0.39 is 0 Å². The van der Waals surface area contributed by atoms with Crippen molar-refractivity contribution in [1.82, 2.24) is 5.32 Å². The summed E-state index contributed by atoms with van der Waals surface area (Å²) < 4.78 is 18.7. The lowest BCUT2D eigenvalue weighted by Gasteiger charge is -2.49. The molecule has 1 saturated heterocycles. The number of fused-ring (bicyclic) bond motifs is 3. The van der Waals surface area contributed by atoms with Gasteiger partial charge in [-0.05, 0) is 47.9 Å². The molecular formula is C27H28FN3O2. The van der Waals surface area contributed by atoms with Gasteiger partial charge in [0.2, 0.25) is 5.91 Å². The average Bonchev–Trinajstić information content (AvgIpc) is 2.87. The van der Waals surface area contributed by atoms with E-state index >= 15 is 0 Å². The third-order valence-electron chi connectivity index (χ3n) is 6.76. The summed E-state index contributed by atoms with van der Waals surface area (Å²) in [4.78, 5) is 18.2. The first-order chi connectivity index (χ1) is 16.1. The fourth-order valence-electron chi connectivity index (χ4n) is 5.00. The average molecular weight is 446 g/mol. The molecular weight excluding hydrogens is 417 g/mol. The maximum atomic E-state index is 13.4. The normalized spacial score (nSPS) is 19.5. The predicted molar refractivity (Wildman–Crippen MR) is 128 cm³/mol. The highest BCUT2D eigenvalue weighted by molar-refractivity contribution is 5.82. The van der Waals surface area contributed by atoms with Crippen LogP contribution in [0.4, 0.5) is 15.8 Å². The molecule has 0 aliphatic carbocycles. The molecule has 2 aliphatic heterocycles. The van der Waals surface area contributed by atoms with Crippen LogP contribution in [-0.4, -0.2) is 38.7 Å². The van der Waals surface area contributed by atoms with Crippen molar-refractivity contribution in [2.75, 3.05) is 36.5 Å². The van der Waals surface area contributed by atoms with Gasteiger partial charge in [-0.3, -0.25) is 4.79 Å². The number of hydrogen-bond acceptors (Lipinski definition) is 4. The van der Waals surface area contributed by atoms with Crippen molar-refractivity contribution < 1.29 is 13.9 Å². The van der Waals surface area contributed by atoms with Crippen LogP contribution in [0.3, 0.4) is 0 Å². The summed E-state index contributed by atoms with van der Waals surface area (Å²) in [7, 11) is 1.68. The smallest absolute Gasteiger partial charge is 0.225 e. The zero-order chi connectivity index (χ0) is 22.8. The largest absolute Gasteiger partial charge is 0.497 e. The molecule has 3 aromatic carbocycles. The molecule has 0 saturated carbocycles. The predicted octanol–water partition coefficient (Wildman–Crippen LogP) is 4.02. The van der Waals surface area contributed by atoms with Crippen molar-refractivity contribution >= 4 is 17.3 Å². The summed E-state index contributed by atoms with van der Waals surface area (Å²) in [5.41, 5.74) is 4.40. The number of amides is 1. The summed E-state index contributed by atoms with van der Waals surface area (Å²) in [5, 5.41) is 3.10. The van der Waals surface area contributed by atoms with Crippen LogP contribution >= 0.6 is 0 Å². The van der Waals surface area contributed by atoms with Gasteiger partial charge in [0.15, 0.2) is 0 Å². The van der Waals surface area contributed by atoms with Crippen LogP contribution in [0, 0.1) is 11.7 Å². The number of halogens is 1. The van der Waals surface area contributed by atoms with Crippen LogP contribution in [0.15, 0.2) is 72.8 Å². The van der Waals surface area contributed by atoms with Crippen LogP contribution in [-0.2, 0) is 17.8 Å². The van der Waals surface area contributed by atoms with E-state index in [2.05, 4.69) is 51.5 Å². The number of carbonyl (C=O) groups is 1. The quantitative estimate of drug-likeness (QED) is 0.645. The van der Waals surface area contributed by atoms with E-state index in [1.165, 1.54) is 23.4 Å². The Labute approximate surface area is 193 Å². The van der Waals surface area contributed by atoms with Crippen LogP contribution < -0.4 is 19.9 Å². The Morgan fingerprint density at radius 3 is 2.61 bits per heavy atom. The minimum atomic E-state index is -0.275. The third-order valence-corrected chi connectivity index (χ3v) is 6.76. The molecule has 2 aliphatic rings. The molecule has 1 amide bonds. The van der Waals surface area contributed by atoms with E-state index in [9.17, 15) is 9.18 Å². The van der Waals surface area contributed by atoms with Crippen molar-refractivity contribution in [1.29, 1.82) is 0 Å². The topological polar surface area (TPSA) is 44.8 Å². The van der Waals surface area contributed by atoms with E-state index in [0.29, 0.717) is 13.0 Å². The van der Waals surface area contributed by atoms with Gasteiger partial charge in [-0.2, -0.15) is 0 Å². The zero-order valence-electron chi connectivity index (χ0n) is 18.7. The van der Waals surface area contributed by atoms with Gasteiger partial charge in [-0.15, -0.1) is 0 Å². The molecule has 6 heteroatoms. The Morgan fingerprint density at radius 2 is 1.85 bits per heavy atom. The van der Waals surface area contributed by atoms with Gasteiger partial charge >= 0.3 is 0 Å². The van der Waals surface area contributed by atoms with E-state index in [0.717, 1.165) is 36.6 Å². The summed E-state index contributed by atoms with van der Waals surface area (Å²) in [6.07, 6.45) is 0.679. The molecule has 1 fully saturated rings. The second kappa shape index (κ2) is 9.14. The number of piperazine rings is 1. The lowest BCUT2D eigenvalue weighted by molar-refractivity contribution is -0.126. The van der Waals surface area contributed by atoms with Crippen LogP contribution in [0.5, 0.6) is 5.75 Å². The zero-order valence-corrected chi connectivity index (χ0v) is 18.7. The molecule has 5 nitrogen and oxygen atoms in total. The van der Waals surface area contributed by atoms with Gasteiger partial charge in [0.05, 0.1) is 19.1 Å². The van der Waals surface area contributed by atoms with E-state index in [1.54, 1.807) is 19.2 Å². The number of nitrogens with one attached hydrogen (secondary N) is 1. The monoisotopic (exact) mass is 445 g/mol. The highest BCUT2D eigenvalue weighted by Gasteiger charge is 2.41. The van der Waals surface area contributed by atoms with Gasteiger partial charge in [-0.1, -0.05) is 36.4 Å². The standard InChI is InChI=1S/C27H28FN3O2/c1-33-23-12-9-20-15-24(27(32)29-17-19-7-10-21(28)11-8-19)26-18-30(22-5-3-2-4-6-22)13-14-31(26)25(20)16-23/h2-12,16,24,26H,13-15,17-18H2,1H3,(H,29,32)/t24-,26-/m0/s1. The first-order valence-electron chi connectivity index (χ1n) is 11.4. The number of benzene rings is 3. The Morgan fingerprint density at radius 1 is 1.06 bits per heavy atom. The second-order valence-corrected chi connectivity index (χ2v) is 8.69. The first-order valence-corrected chi connectivity index (χ1v) is 11.4. The van der Waals surface area contributed by atoms with E-state index in [4.69, 9.17) is 4.74 Å². The molecule has 0 spiro atoms. The van der Waals surface area contributed by atoms with Gasteiger partial charge in [0.1, 0.15) is 11.6 Å². The fourth-order valence-corrected chi connectivity index (χ4v) is 5.00. The Kier molecular flexibility index (Phi) is 5.90. The highest BCUT2D eigenvalue weighted by atomic mass is 19.1. The number of hydrogen-bond donors (Lipinski definition) is 1. The molecule has 0 bridgehead atoms. The molecule has 2 heterocycles. The Balaban J connectivity index is 1.41. The Bertz CT molecular complexity index is 1120. The molecule has 170 valence electrons. The van der Waals surface area contributed by atoms with Gasteiger partial charge in [0, 0.05) is 43.6 Å². The molecule has 0 unspecified atom stereocenters. The van der Waals surface area contributed by atoms with Gasteiger partial charge in [-0.25, -0.2) is 4.39 Å². The van der Waals surface area contributed by atoms with E-state index in [-0.39, 0.29) is 23.7 Å². The number of ether oxygens (including phenoxy) is 1. The van der Waals surface area contributed by atoms with Gasteiger partial charge in [0.25, 0.3) is 0 Å². The third kappa shape index (κ3) is 4.38. The van der Waals surface area contributed by atoms with Crippen molar-refractivity contribution in [2.24, 2.45) is 5.92 Å². The lowest BCUT2D eigenvalue weighted by atomic mass is 9.83. The second-order valence-electron chi connectivity index (χ2n) is 8.69. The van der Waals surface area contributed by atoms with Crippen LogP contribution in [0.2, 0.25) is 0 Å². The SMILES string of the molecule is COc1ccc2c(c1)N1CCN(c3ccccc3)C[C@H]1[C@@H](C(=O)NCc1ccc(F)cc1)C2. The number of nitrogens with zero attached hydrogens (tertiary/aromatic N) is 2. The fraction of sp³-hybridized carbons (Fsp3) is 0.296. The number of para-hydroxylation sites is 1. The molecule has 0 radical (unpaired) electrons. The number of methoxy groups -OCH3 is 1. The van der Waals surface area contributed by atoms with Crippen molar-refractivity contribution in [2.45, 2.75) is 19.0 Å². The minimum Gasteiger partial charge on any atom is -0.497 e. The molecule has 2 atom stereocenters. The molecule has 5 rings (SSSR count). The maximum Gasteiger partial charge on any atom is 0.225 e. The summed E-state index contributed by atoms with van der Waals surface area (Å²) in [6, 6.07) is 22.8. The van der Waals surface area contributed by atoms with Crippen molar-refractivity contribution in [3.63, 3.8) is 0 Å². The minimum absolute atomic E-state index is 0.0331. The van der Waals surface area contributed by atoms with Crippen LogP contribution in [0.25, 0.3) is 0 Å². The van der Waals surface area contributed by atoms with Crippen molar-refractivity contribution in [3.8, 4) is 5.75 Å². The summed E-state index contributed by atoms with van der Waals surface area (Å²) in [5.74, 6) is 0.406. The number of rotatable bonds is 5. The van der Waals surface area contributed by atoms with E-state index in [1.807, 2.05) is 12.1 Å². The summed E-state index contributed by atoms with van der Waals surface area (Å²) >= 11 is 0. The number of anilines is 2. The van der Waals surface area contributed by atoms with Crippen LogP contribution in [0.1, 0.15) is 11.1 Å². The number of carbonyl (C=O) groups excluding carboxylic acids is 1. The molecule has 0 aromatic heterocycles. The molecule has 1 N–H and O–H groups in total. The molecule has 3 aromatic rings. The first kappa shape index (κ1) is 21.3. The van der Waals surface area contributed by atoms with Gasteiger partial charge < -0.3 is 19.9 Å². The lowest BCUT2D eigenvalue weighted by Crippen LogP contribution is -2.61. The van der Waals surface area contributed by atoms with Crippen molar-refractivity contribution in [3.05, 3.63) is 89.7 Å². The maximum absolute atomic E-state index is 13.4. The summed E-state index contributed by atoms with van der Waals surface area (Å²) in [6.45, 7) is 2.89. The Hall–Kier alpha value is -3.54.